The molecule has 0 aliphatic heterocycles. The standard InChI is InChI=1S/C17H32O7S.2Na.2H/c1-2-3-4-5-6-7-8-9-10-11-12-13-15(14-16(18)19)17(20)24-25(21,22)23;;;;/h15H,2-14H2,1H3,(H,18,19)(H,21,22,23);;;;. The molecule has 0 bridgehead atoms. The van der Waals surface area contributed by atoms with E-state index in [-0.39, 0.29) is 65.5 Å². The van der Waals surface area contributed by atoms with Crippen molar-refractivity contribution in [3.05, 3.63) is 0 Å². The minimum absolute atomic E-state index is 0. The molecule has 0 aliphatic rings. The van der Waals surface area contributed by atoms with Crippen molar-refractivity contribution in [2.24, 2.45) is 5.92 Å². The van der Waals surface area contributed by atoms with Gasteiger partial charge in [0.2, 0.25) is 0 Å². The van der Waals surface area contributed by atoms with Crippen LogP contribution in [0.2, 0.25) is 0 Å². The Kier molecular flexibility index (Phi) is 24.2. The summed E-state index contributed by atoms with van der Waals surface area (Å²) in [5.41, 5.74) is 0. The Morgan fingerprint density at radius 3 is 1.63 bits per heavy atom. The first-order valence-corrected chi connectivity index (χ1v) is 10.5. The average Bonchev–Trinajstić information content (AvgIpc) is 2.49. The number of hydrogen-bond acceptors (Lipinski definition) is 5. The fraction of sp³-hybridized carbons (Fsp3) is 0.882. The van der Waals surface area contributed by atoms with Crippen molar-refractivity contribution in [3.8, 4) is 0 Å². The molecule has 0 saturated carbocycles. The van der Waals surface area contributed by atoms with Crippen LogP contribution in [0.4, 0.5) is 0 Å². The molecule has 2 N–H and O–H groups in total. The van der Waals surface area contributed by atoms with Gasteiger partial charge >= 0.3 is 81.5 Å². The summed E-state index contributed by atoms with van der Waals surface area (Å²) in [5, 5.41) is 8.79. The summed E-state index contributed by atoms with van der Waals surface area (Å²) in [6.07, 6.45) is 12.1. The van der Waals surface area contributed by atoms with Gasteiger partial charge in [-0.2, -0.15) is 8.42 Å². The van der Waals surface area contributed by atoms with Crippen molar-refractivity contribution < 1.29 is 31.8 Å². The quantitative estimate of drug-likeness (QED) is 0.220. The second-order valence-electron chi connectivity index (χ2n) is 6.45. The zero-order chi connectivity index (χ0) is 19.1. The molecule has 0 aromatic rings. The van der Waals surface area contributed by atoms with E-state index in [1.807, 2.05) is 0 Å². The number of unbranched alkanes of at least 4 members (excludes halogenated alkanes) is 10. The fourth-order valence-corrected chi connectivity index (χ4v) is 3.08. The first-order chi connectivity index (χ1) is 11.8. The van der Waals surface area contributed by atoms with Crippen LogP contribution >= 0.6 is 0 Å². The zero-order valence-corrected chi connectivity index (χ0v) is 15.9. The average molecular weight is 428 g/mol. The van der Waals surface area contributed by atoms with Gasteiger partial charge in [-0.15, -0.1) is 0 Å². The maximum absolute atomic E-state index is 11.6. The topological polar surface area (TPSA) is 118 Å². The van der Waals surface area contributed by atoms with E-state index in [9.17, 15) is 18.0 Å². The van der Waals surface area contributed by atoms with E-state index in [2.05, 4.69) is 11.1 Å². The summed E-state index contributed by atoms with van der Waals surface area (Å²) in [6.45, 7) is 2.20. The van der Waals surface area contributed by atoms with E-state index in [1.54, 1.807) is 0 Å². The fourth-order valence-electron chi connectivity index (χ4n) is 2.74. The van der Waals surface area contributed by atoms with Gasteiger partial charge in [-0.1, -0.05) is 77.6 Å². The molecule has 0 aromatic carbocycles. The first kappa shape index (κ1) is 32.5. The second-order valence-corrected chi connectivity index (χ2v) is 7.47. The number of carboxylic acid groups (broad SMARTS) is 1. The Labute approximate surface area is 207 Å². The van der Waals surface area contributed by atoms with Gasteiger partial charge in [0, 0.05) is 0 Å². The normalized spacial score (nSPS) is 11.8. The molecule has 0 radical (unpaired) electrons. The van der Waals surface area contributed by atoms with Gasteiger partial charge in [0.15, 0.2) is 0 Å². The van der Waals surface area contributed by atoms with Gasteiger partial charge < -0.3 is 9.29 Å². The van der Waals surface area contributed by atoms with Crippen LogP contribution < -0.4 is 0 Å². The maximum atomic E-state index is 11.6. The van der Waals surface area contributed by atoms with Crippen LogP contribution in [0.1, 0.15) is 90.4 Å². The Hall–Kier alpha value is 0.850. The number of rotatable bonds is 16. The van der Waals surface area contributed by atoms with E-state index in [0.717, 1.165) is 19.3 Å². The molecular weight excluding hydrogens is 394 g/mol. The zero-order valence-electron chi connectivity index (χ0n) is 15.1. The summed E-state index contributed by atoms with van der Waals surface area (Å²) in [7, 11) is -4.90. The van der Waals surface area contributed by atoms with Crippen LogP contribution in [0, 0.1) is 5.92 Å². The summed E-state index contributed by atoms with van der Waals surface area (Å²) in [5.74, 6) is -3.48. The van der Waals surface area contributed by atoms with Crippen LogP contribution in [0.25, 0.3) is 0 Å². The van der Waals surface area contributed by atoms with E-state index >= 15 is 0 Å². The second kappa shape index (κ2) is 20.1. The Balaban J connectivity index is -0.00000288. The molecule has 7 nitrogen and oxygen atoms in total. The Morgan fingerprint density at radius 2 is 1.26 bits per heavy atom. The number of hydrogen-bond donors (Lipinski definition) is 2. The molecule has 0 aromatic heterocycles. The number of aliphatic carboxylic acids is 1. The third kappa shape index (κ3) is 23.0. The molecule has 27 heavy (non-hydrogen) atoms. The molecule has 1 unspecified atom stereocenters. The van der Waals surface area contributed by atoms with E-state index < -0.39 is 34.7 Å². The van der Waals surface area contributed by atoms with Crippen LogP contribution in [-0.4, -0.2) is 89.1 Å². The Bertz CT molecular complexity index is 484. The van der Waals surface area contributed by atoms with Gasteiger partial charge in [-0.05, 0) is 6.42 Å². The van der Waals surface area contributed by atoms with Crippen LogP contribution in [-0.2, 0) is 24.2 Å². The van der Waals surface area contributed by atoms with E-state index in [4.69, 9.17) is 9.66 Å². The Morgan fingerprint density at radius 1 is 0.852 bits per heavy atom. The summed E-state index contributed by atoms with van der Waals surface area (Å²) >= 11 is 0. The SMILES string of the molecule is CCCCCCCCCCCCCC(CC(=O)O)C(=O)OS(=O)(=O)O.[NaH].[NaH]. The molecule has 1 atom stereocenters. The number of carbonyl (C=O) groups excluding carboxylic acids is 1. The monoisotopic (exact) mass is 428 g/mol. The summed E-state index contributed by atoms with van der Waals surface area (Å²) in [4.78, 5) is 22.3. The van der Waals surface area contributed by atoms with Crippen molar-refractivity contribution >= 4 is 81.5 Å². The molecule has 0 saturated heterocycles. The van der Waals surface area contributed by atoms with E-state index in [0.29, 0.717) is 6.42 Å². The van der Waals surface area contributed by atoms with Crippen LogP contribution in [0.15, 0.2) is 0 Å². The predicted octanol–water partition coefficient (Wildman–Crippen LogP) is 2.83. The van der Waals surface area contributed by atoms with Gasteiger partial charge in [0.05, 0.1) is 12.3 Å². The molecule has 10 heteroatoms. The minimum atomic E-state index is -4.90. The molecule has 0 amide bonds. The van der Waals surface area contributed by atoms with Crippen molar-refractivity contribution in [1.82, 2.24) is 0 Å². The first-order valence-electron chi connectivity index (χ1n) is 9.18. The predicted molar refractivity (Wildman–Crippen MR) is 109 cm³/mol. The van der Waals surface area contributed by atoms with E-state index in [1.165, 1.54) is 44.9 Å². The van der Waals surface area contributed by atoms with Crippen LogP contribution in [0.5, 0.6) is 0 Å². The van der Waals surface area contributed by atoms with Crippen molar-refractivity contribution in [1.29, 1.82) is 0 Å². The summed E-state index contributed by atoms with van der Waals surface area (Å²) in [6, 6.07) is 0. The molecule has 0 aliphatic carbocycles. The van der Waals surface area contributed by atoms with Crippen molar-refractivity contribution in [2.45, 2.75) is 90.4 Å². The number of carbonyl (C=O) groups is 2. The van der Waals surface area contributed by atoms with Crippen molar-refractivity contribution in [3.63, 3.8) is 0 Å². The van der Waals surface area contributed by atoms with Crippen molar-refractivity contribution in [2.75, 3.05) is 0 Å². The molecule has 152 valence electrons. The third-order valence-electron chi connectivity index (χ3n) is 4.10. The van der Waals surface area contributed by atoms with Gasteiger partial charge in [0.1, 0.15) is 0 Å². The third-order valence-corrected chi connectivity index (χ3v) is 4.47. The van der Waals surface area contributed by atoms with Gasteiger partial charge in [-0.3, -0.25) is 14.1 Å². The van der Waals surface area contributed by atoms with Gasteiger partial charge in [-0.25, -0.2) is 0 Å². The molecule has 0 fully saturated rings. The molecular formula is C17H34Na2O7S. The van der Waals surface area contributed by atoms with Crippen LogP contribution in [0.3, 0.4) is 0 Å². The molecule has 0 heterocycles. The van der Waals surface area contributed by atoms with Gasteiger partial charge in [0.25, 0.3) is 0 Å². The number of carboxylic acids is 1. The molecule has 0 spiro atoms. The molecule has 0 rings (SSSR count). The summed E-state index contributed by atoms with van der Waals surface area (Å²) < 4.78 is 33.5.